The van der Waals surface area contributed by atoms with E-state index in [-0.39, 0.29) is 36.7 Å². The molecule has 1 aromatic carbocycles. The molecule has 3 fully saturated rings. The average molecular weight is 680 g/mol. The van der Waals surface area contributed by atoms with Crippen LogP contribution in [0.15, 0.2) is 55.6 Å². The summed E-state index contributed by atoms with van der Waals surface area (Å²) in [7, 11) is 1.70. The number of fused-ring (bicyclic) bond motifs is 1. The number of hydrogen-bond donors (Lipinski definition) is 1. The van der Waals surface area contributed by atoms with Crippen molar-refractivity contribution in [2.75, 3.05) is 26.7 Å². The molecule has 3 aliphatic heterocycles. The third-order valence-electron chi connectivity index (χ3n) is 11.2. The molecule has 0 radical (unpaired) electrons. The lowest BCUT2D eigenvalue weighted by molar-refractivity contribution is -0.165. The van der Waals surface area contributed by atoms with E-state index < -0.39 is 53.7 Å². The molecule has 1 aromatic rings. The lowest BCUT2D eigenvalue weighted by Gasteiger charge is -2.41. The molecule has 2 bridgehead atoms. The van der Waals surface area contributed by atoms with Crippen LogP contribution in [-0.2, 0) is 28.7 Å². The van der Waals surface area contributed by atoms with Gasteiger partial charge in [-0.05, 0) is 44.1 Å². The van der Waals surface area contributed by atoms with Gasteiger partial charge in [-0.15, -0.1) is 13.2 Å². The molecule has 3 amide bonds. The molecule has 3 aliphatic rings. The van der Waals surface area contributed by atoms with Crippen LogP contribution in [0.4, 0.5) is 0 Å². The van der Waals surface area contributed by atoms with Gasteiger partial charge < -0.3 is 29.3 Å². The predicted molar refractivity (Wildman–Crippen MR) is 188 cm³/mol. The quantitative estimate of drug-likeness (QED) is 0.123. The van der Waals surface area contributed by atoms with Crippen LogP contribution in [0.5, 0.6) is 0 Å². The van der Waals surface area contributed by atoms with E-state index in [1.165, 1.54) is 0 Å². The summed E-state index contributed by atoms with van der Waals surface area (Å²) < 4.78 is 13.0. The minimum atomic E-state index is -1.22. The normalized spacial score (nSPS) is 26.4. The first-order valence-corrected chi connectivity index (χ1v) is 18.1. The number of aliphatic hydroxyl groups is 1. The van der Waals surface area contributed by atoms with E-state index in [2.05, 4.69) is 20.1 Å². The molecule has 10 heteroatoms. The first-order chi connectivity index (χ1) is 23.5. The molecule has 1 N–H and O–H groups in total. The van der Waals surface area contributed by atoms with Crippen molar-refractivity contribution in [3.63, 3.8) is 0 Å². The molecule has 9 atom stereocenters. The van der Waals surface area contributed by atoms with E-state index in [4.69, 9.17) is 9.47 Å². The molecule has 10 nitrogen and oxygen atoms in total. The minimum absolute atomic E-state index is 0.0994. The Hall–Kier alpha value is -3.50. The number of likely N-dealkylation sites (N-methyl/N-ethyl adjacent to an activating group) is 1. The zero-order valence-corrected chi connectivity index (χ0v) is 30.1. The van der Waals surface area contributed by atoms with Crippen LogP contribution in [0, 0.1) is 17.8 Å². The third-order valence-corrected chi connectivity index (χ3v) is 11.2. The molecule has 0 unspecified atom stereocenters. The molecule has 3 saturated heterocycles. The summed E-state index contributed by atoms with van der Waals surface area (Å²) in [6.45, 7) is 16.0. The molecule has 0 saturated carbocycles. The van der Waals surface area contributed by atoms with Gasteiger partial charge >= 0.3 is 5.97 Å². The summed E-state index contributed by atoms with van der Waals surface area (Å²) in [6.07, 6.45) is 7.18. The van der Waals surface area contributed by atoms with Crippen molar-refractivity contribution in [2.24, 2.45) is 17.8 Å². The first kappa shape index (κ1) is 38.3. The number of rotatable bonds is 19. The highest BCUT2D eigenvalue weighted by molar-refractivity contribution is 5.98. The molecule has 3 heterocycles. The van der Waals surface area contributed by atoms with Crippen LogP contribution in [0.3, 0.4) is 0 Å². The van der Waals surface area contributed by atoms with E-state index in [1.807, 2.05) is 51.1 Å². The number of hydrogen-bond acceptors (Lipinski definition) is 7. The van der Waals surface area contributed by atoms with E-state index in [9.17, 15) is 24.3 Å². The van der Waals surface area contributed by atoms with E-state index in [0.717, 1.165) is 24.8 Å². The van der Waals surface area contributed by atoms with Crippen LogP contribution >= 0.6 is 0 Å². The minimum Gasteiger partial charge on any atom is -0.455 e. The molecular formula is C39H57N3O7. The van der Waals surface area contributed by atoms with Gasteiger partial charge in [0.15, 0.2) is 0 Å². The number of nitrogens with zero attached hydrogens (tertiary/aromatic N) is 3. The summed E-state index contributed by atoms with van der Waals surface area (Å²) in [5.41, 5.74) is -0.499. The number of carbonyl (C=O) groups excluding carboxylic acids is 4. The lowest BCUT2D eigenvalue weighted by atomic mass is 9.70. The number of amides is 3. The van der Waals surface area contributed by atoms with Crippen molar-refractivity contribution in [3.8, 4) is 0 Å². The van der Waals surface area contributed by atoms with Gasteiger partial charge in [0, 0.05) is 26.6 Å². The highest BCUT2D eigenvalue weighted by Gasteiger charge is 2.76. The van der Waals surface area contributed by atoms with Gasteiger partial charge in [0.2, 0.25) is 17.7 Å². The molecule has 0 aromatic heterocycles. The molecule has 1 spiro atoms. The number of carbonyl (C=O) groups is 4. The summed E-state index contributed by atoms with van der Waals surface area (Å²) in [6, 6.07) is 7.17. The van der Waals surface area contributed by atoms with Crippen LogP contribution in [0.2, 0.25) is 0 Å². The third kappa shape index (κ3) is 7.50. The van der Waals surface area contributed by atoms with Gasteiger partial charge in [-0.2, -0.15) is 0 Å². The first-order valence-electron chi connectivity index (χ1n) is 18.1. The fourth-order valence-electron chi connectivity index (χ4n) is 8.11. The number of likely N-dealkylation sites (tertiary alicyclic amines) is 1. The van der Waals surface area contributed by atoms with Gasteiger partial charge in [0.05, 0.1) is 36.6 Å². The Kier molecular flexibility index (Phi) is 13.2. The summed E-state index contributed by atoms with van der Waals surface area (Å²) in [4.78, 5) is 61.7. The Morgan fingerprint density at radius 2 is 1.86 bits per heavy atom. The van der Waals surface area contributed by atoms with Gasteiger partial charge in [-0.1, -0.05) is 82.5 Å². The standard InChI is InChI=1S/C39H57N3O7/c1-8-12-17-24-41(23-10-3)37(46)35-39-22-21-30(49-39)32(33(39)36(45)42(35)29(25-43)26(5)11-4)38(47)48-34(28-18-15-14-16-19-28)27(6)40(7)31(44)20-13-9-2/h9-10,14-16,18-19,26-27,29-30,32-35,43H,2-3,8,11-13,17,20-25H2,1,4-7H3/t26-,27-,29-,30-,32+,33+,34+,35-,39+/m0/s1. The van der Waals surface area contributed by atoms with E-state index >= 15 is 0 Å². The Morgan fingerprint density at radius 3 is 2.47 bits per heavy atom. The SMILES string of the molecule is C=CCCC(=O)N(C)[C@@H](C)[C@@H](OC(=O)[C@@H]1[C@@H]2CC[C@]3(O2)[C@H](C(=O)N(CC=C)CCCCC)N([C@@H](CO)[C@@H](C)CC)C(=O)[C@@H]13)c1ccccc1. The summed E-state index contributed by atoms with van der Waals surface area (Å²) >= 11 is 0. The van der Waals surface area contributed by atoms with Gasteiger partial charge in [0.25, 0.3) is 0 Å². The van der Waals surface area contributed by atoms with Crippen molar-refractivity contribution in [1.29, 1.82) is 0 Å². The second kappa shape index (κ2) is 16.9. The average Bonchev–Trinajstić information content (AvgIpc) is 3.76. The number of aliphatic hydroxyl groups excluding tert-OH is 1. The highest BCUT2D eigenvalue weighted by Crippen LogP contribution is 2.59. The topological polar surface area (TPSA) is 117 Å². The fraction of sp³-hybridized carbons (Fsp3) is 0.641. The van der Waals surface area contributed by atoms with Crippen LogP contribution in [0.1, 0.15) is 90.7 Å². The number of esters is 1. The Morgan fingerprint density at radius 1 is 1.14 bits per heavy atom. The zero-order chi connectivity index (χ0) is 35.9. The molecule has 49 heavy (non-hydrogen) atoms. The van der Waals surface area contributed by atoms with Crippen molar-refractivity contribution in [1.82, 2.24) is 14.7 Å². The van der Waals surface area contributed by atoms with Crippen LogP contribution in [-0.4, -0.2) is 100 Å². The number of allylic oxidation sites excluding steroid dienone is 1. The van der Waals surface area contributed by atoms with Gasteiger partial charge in [0.1, 0.15) is 17.7 Å². The van der Waals surface area contributed by atoms with Crippen molar-refractivity contribution in [3.05, 3.63) is 61.2 Å². The highest BCUT2D eigenvalue weighted by atomic mass is 16.6. The second-order valence-corrected chi connectivity index (χ2v) is 14.1. The van der Waals surface area contributed by atoms with E-state index in [0.29, 0.717) is 38.8 Å². The summed E-state index contributed by atoms with van der Waals surface area (Å²) in [5.74, 6) is -3.25. The maximum absolute atomic E-state index is 14.7. The maximum atomic E-state index is 14.7. The summed E-state index contributed by atoms with van der Waals surface area (Å²) in [5, 5.41) is 10.7. The molecule has 0 aliphatic carbocycles. The largest absolute Gasteiger partial charge is 0.455 e. The van der Waals surface area contributed by atoms with Gasteiger partial charge in [-0.25, -0.2) is 0 Å². The van der Waals surface area contributed by atoms with Crippen LogP contribution < -0.4 is 0 Å². The molecule has 270 valence electrons. The van der Waals surface area contributed by atoms with Crippen LogP contribution in [0.25, 0.3) is 0 Å². The van der Waals surface area contributed by atoms with Crippen molar-refractivity contribution < 1.29 is 33.8 Å². The maximum Gasteiger partial charge on any atom is 0.313 e. The Balaban J connectivity index is 1.72. The monoisotopic (exact) mass is 679 g/mol. The lowest BCUT2D eigenvalue weighted by Crippen LogP contribution is -2.59. The molecule has 4 rings (SSSR count). The van der Waals surface area contributed by atoms with Crippen molar-refractivity contribution >= 4 is 23.7 Å². The molecular weight excluding hydrogens is 622 g/mol. The fourth-order valence-corrected chi connectivity index (χ4v) is 8.11. The number of benzene rings is 1. The number of unbranched alkanes of at least 4 members (excludes halogenated alkanes) is 2. The van der Waals surface area contributed by atoms with Gasteiger partial charge in [-0.3, -0.25) is 19.2 Å². The Bertz CT molecular complexity index is 1340. The Labute approximate surface area is 292 Å². The second-order valence-electron chi connectivity index (χ2n) is 14.1. The predicted octanol–water partition coefficient (Wildman–Crippen LogP) is 5.07. The van der Waals surface area contributed by atoms with E-state index in [1.54, 1.807) is 33.9 Å². The van der Waals surface area contributed by atoms with Crippen molar-refractivity contribution in [2.45, 2.75) is 115 Å². The zero-order valence-electron chi connectivity index (χ0n) is 30.1. The smallest absolute Gasteiger partial charge is 0.313 e. The number of ether oxygens (including phenoxy) is 2.